The highest BCUT2D eigenvalue weighted by molar-refractivity contribution is 5.06. The van der Waals surface area contributed by atoms with Crippen molar-refractivity contribution in [2.45, 2.75) is 19.4 Å². The lowest BCUT2D eigenvalue weighted by atomic mass is 10.2. The molecule has 1 saturated heterocycles. The zero-order chi connectivity index (χ0) is 8.39. The van der Waals surface area contributed by atoms with Gasteiger partial charge in [0.2, 0.25) is 0 Å². The van der Waals surface area contributed by atoms with Gasteiger partial charge in [-0.05, 0) is 13.3 Å². The van der Waals surface area contributed by atoms with Crippen molar-refractivity contribution in [2.24, 2.45) is 0 Å². The summed E-state index contributed by atoms with van der Waals surface area (Å²) in [4.78, 5) is 13.5. The van der Waals surface area contributed by atoms with Gasteiger partial charge in [0, 0.05) is 6.20 Å². The molecule has 2 heterocycles. The fourth-order valence-electron chi connectivity index (χ4n) is 1.25. The van der Waals surface area contributed by atoms with Gasteiger partial charge in [0.1, 0.15) is 0 Å². The molecule has 1 aromatic rings. The van der Waals surface area contributed by atoms with Crippen LogP contribution in [0, 0.1) is 6.92 Å². The summed E-state index contributed by atoms with van der Waals surface area (Å²) in [6.45, 7) is 2.69. The maximum atomic E-state index is 5.03. The second-order valence-electron chi connectivity index (χ2n) is 2.89. The van der Waals surface area contributed by atoms with E-state index in [1.807, 2.05) is 6.92 Å². The minimum Gasteiger partial charge on any atom is -0.301 e. The maximum Gasteiger partial charge on any atom is 0.0783 e. The highest BCUT2D eigenvalue weighted by atomic mass is 16.7. The fraction of sp³-hybridized carbons (Fsp3) is 0.500. The van der Waals surface area contributed by atoms with E-state index in [2.05, 4.69) is 15.4 Å². The first-order valence-electron chi connectivity index (χ1n) is 4.02. The van der Waals surface area contributed by atoms with Gasteiger partial charge in [-0.3, -0.25) is 9.97 Å². The number of nitrogens with zero attached hydrogens (tertiary/aromatic N) is 2. The van der Waals surface area contributed by atoms with Gasteiger partial charge in [0.15, 0.2) is 0 Å². The average Bonchev–Trinajstić information content (AvgIpc) is 2.56. The van der Waals surface area contributed by atoms with E-state index >= 15 is 0 Å². The smallest absolute Gasteiger partial charge is 0.0783 e. The van der Waals surface area contributed by atoms with Crippen molar-refractivity contribution >= 4 is 0 Å². The van der Waals surface area contributed by atoms with Crippen molar-refractivity contribution in [3.8, 4) is 0 Å². The van der Waals surface area contributed by atoms with Gasteiger partial charge < -0.3 is 4.84 Å². The molecule has 0 radical (unpaired) electrons. The Morgan fingerprint density at radius 2 is 2.50 bits per heavy atom. The van der Waals surface area contributed by atoms with E-state index in [0.717, 1.165) is 24.4 Å². The Hall–Kier alpha value is -1.00. The summed E-state index contributed by atoms with van der Waals surface area (Å²) in [7, 11) is 0. The molecule has 1 N–H and O–H groups in total. The molecule has 1 aliphatic rings. The van der Waals surface area contributed by atoms with Crippen LogP contribution in [0.1, 0.15) is 23.9 Å². The quantitative estimate of drug-likeness (QED) is 0.667. The Kier molecular flexibility index (Phi) is 2.01. The van der Waals surface area contributed by atoms with Gasteiger partial charge >= 0.3 is 0 Å². The van der Waals surface area contributed by atoms with Crippen molar-refractivity contribution in [1.29, 1.82) is 0 Å². The predicted octanol–water partition coefficient (Wildman–Crippen LogP) is 0.751. The Morgan fingerprint density at radius 1 is 1.58 bits per heavy atom. The minimum absolute atomic E-state index is 0.220. The number of nitrogens with one attached hydrogen (secondary N) is 1. The van der Waals surface area contributed by atoms with Gasteiger partial charge in [-0.15, -0.1) is 0 Å². The van der Waals surface area contributed by atoms with Gasteiger partial charge in [-0.25, -0.2) is 0 Å². The summed E-state index contributed by atoms with van der Waals surface area (Å²) in [6.07, 6.45) is 4.50. The van der Waals surface area contributed by atoms with Gasteiger partial charge in [-0.1, -0.05) is 0 Å². The first-order valence-corrected chi connectivity index (χ1v) is 4.02. The van der Waals surface area contributed by atoms with Crippen molar-refractivity contribution in [1.82, 2.24) is 15.4 Å². The van der Waals surface area contributed by atoms with Crippen LogP contribution in [0.2, 0.25) is 0 Å². The molecule has 4 nitrogen and oxygen atoms in total. The summed E-state index contributed by atoms with van der Waals surface area (Å²) in [6, 6.07) is 0.220. The largest absolute Gasteiger partial charge is 0.301 e. The van der Waals surface area contributed by atoms with Crippen LogP contribution in [-0.2, 0) is 4.84 Å². The zero-order valence-corrected chi connectivity index (χ0v) is 6.95. The standard InChI is InChI=1S/C8H11N3O/c1-6-4-9-5-8(10-6)7-2-3-12-11-7/h4-5,7,11H,2-3H2,1H3. The molecule has 0 amide bonds. The third-order valence-electron chi connectivity index (χ3n) is 1.86. The van der Waals surface area contributed by atoms with Gasteiger partial charge in [-0.2, -0.15) is 5.48 Å². The van der Waals surface area contributed by atoms with Crippen LogP contribution in [0.15, 0.2) is 12.4 Å². The lowest BCUT2D eigenvalue weighted by Crippen LogP contribution is -2.13. The lowest BCUT2D eigenvalue weighted by Gasteiger charge is -2.06. The van der Waals surface area contributed by atoms with Crippen molar-refractivity contribution in [3.63, 3.8) is 0 Å². The first kappa shape index (κ1) is 7.64. The van der Waals surface area contributed by atoms with E-state index in [1.54, 1.807) is 12.4 Å². The molecule has 1 unspecified atom stereocenters. The summed E-state index contributed by atoms with van der Waals surface area (Å²) in [5.41, 5.74) is 4.81. The number of aromatic nitrogens is 2. The third-order valence-corrected chi connectivity index (χ3v) is 1.86. The fourth-order valence-corrected chi connectivity index (χ4v) is 1.25. The Morgan fingerprint density at radius 3 is 3.17 bits per heavy atom. The van der Waals surface area contributed by atoms with Crippen LogP contribution in [0.5, 0.6) is 0 Å². The molecular weight excluding hydrogens is 154 g/mol. The van der Waals surface area contributed by atoms with Crippen molar-refractivity contribution in [2.75, 3.05) is 6.61 Å². The molecule has 2 rings (SSSR count). The SMILES string of the molecule is Cc1cncc(C2CCON2)n1. The van der Waals surface area contributed by atoms with E-state index in [-0.39, 0.29) is 6.04 Å². The van der Waals surface area contributed by atoms with E-state index in [9.17, 15) is 0 Å². The molecule has 64 valence electrons. The third kappa shape index (κ3) is 1.44. The molecule has 0 bridgehead atoms. The Balaban J connectivity index is 2.21. The van der Waals surface area contributed by atoms with Crippen LogP contribution in [0.3, 0.4) is 0 Å². The molecule has 1 aliphatic heterocycles. The van der Waals surface area contributed by atoms with Crippen LogP contribution in [0.4, 0.5) is 0 Å². The molecule has 0 aliphatic carbocycles. The number of hydrogen-bond acceptors (Lipinski definition) is 4. The molecule has 0 aromatic carbocycles. The van der Waals surface area contributed by atoms with E-state index in [1.165, 1.54) is 0 Å². The highest BCUT2D eigenvalue weighted by Crippen LogP contribution is 2.17. The molecule has 1 fully saturated rings. The average molecular weight is 165 g/mol. The van der Waals surface area contributed by atoms with Crippen LogP contribution >= 0.6 is 0 Å². The first-order chi connectivity index (χ1) is 5.86. The zero-order valence-electron chi connectivity index (χ0n) is 6.95. The van der Waals surface area contributed by atoms with Gasteiger partial charge in [0.05, 0.1) is 30.2 Å². The molecule has 1 aromatic heterocycles. The molecule has 1 atom stereocenters. The second-order valence-corrected chi connectivity index (χ2v) is 2.89. The van der Waals surface area contributed by atoms with E-state index in [4.69, 9.17) is 4.84 Å². The Bertz CT molecular complexity index is 271. The summed E-state index contributed by atoms with van der Waals surface area (Å²) in [5.74, 6) is 0. The maximum absolute atomic E-state index is 5.03. The number of hydrogen-bond donors (Lipinski definition) is 1. The van der Waals surface area contributed by atoms with Crippen molar-refractivity contribution in [3.05, 3.63) is 23.8 Å². The molecule has 4 heteroatoms. The van der Waals surface area contributed by atoms with Crippen LogP contribution < -0.4 is 5.48 Å². The second kappa shape index (κ2) is 3.16. The van der Waals surface area contributed by atoms with Crippen LogP contribution in [0.25, 0.3) is 0 Å². The molecule has 0 spiro atoms. The monoisotopic (exact) mass is 165 g/mol. The summed E-state index contributed by atoms with van der Waals surface area (Å²) in [5, 5.41) is 0. The van der Waals surface area contributed by atoms with E-state index < -0.39 is 0 Å². The predicted molar refractivity (Wildman–Crippen MR) is 43.2 cm³/mol. The molecule has 0 saturated carbocycles. The van der Waals surface area contributed by atoms with E-state index in [0.29, 0.717) is 0 Å². The van der Waals surface area contributed by atoms with Crippen molar-refractivity contribution < 1.29 is 4.84 Å². The number of aryl methyl sites for hydroxylation is 1. The highest BCUT2D eigenvalue weighted by Gasteiger charge is 2.18. The Labute approximate surface area is 70.9 Å². The molecule has 12 heavy (non-hydrogen) atoms. The lowest BCUT2D eigenvalue weighted by molar-refractivity contribution is 0.0876. The van der Waals surface area contributed by atoms with Gasteiger partial charge in [0.25, 0.3) is 0 Å². The topological polar surface area (TPSA) is 47.0 Å². The number of hydroxylamine groups is 1. The van der Waals surface area contributed by atoms with Crippen LogP contribution in [-0.4, -0.2) is 16.6 Å². The minimum atomic E-state index is 0.220. The normalized spacial score (nSPS) is 22.9. The number of rotatable bonds is 1. The summed E-state index contributed by atoms with van der Waals surface area (Å²) >= 11 is 0. The molecular formula is C8H11N3O. The summed E-state index contributed by atoms with van der Waals surface area (Å²) < 4.78 is 0.